The van der Waals surface area contributed by atoms with Gasteiger partial charge in [0.1, 0.15) is 6.33 Å². The number of anilines is 2. The maximum absolute atomic E-state index is 11.6. The summed E-state index contributed by atoms with van der Waals surface area (Å²) in [6.07, 6.45) is 1.23. The van der Waals surface area contributed by atoms with E-state index < -0.39 is 11.8 Å². The maximum atomic E-state index is 11.6. The molecule has 2 aromatic rings. The second-order valence-corrected chi connectivity index (χ2v) is 4.04. The summed E-state index contributed by atoms with van der Waals surface area (Å²) in [6.45, 7) is 3.90. The molecule has 0 spiro atoms. The molecule has 0 atom stereocenters. The number of aromatic amines is 1. The molecule has 0 fully saturated rings. The molecule has 7 nitrogen and oxygen atoms in total. The van der Waals surface area contributed by atoms with E-state index in [9.17, 15) is 9.59 Å². The number of aromatic nitrogens is 3. The first-order chi connectivity index (χ1) is 9.06. The van der Waals surface area contributed by atoms with E-state index in [1.165, 1.54) is 6.33 Å². The van der Waals surface area contributed by atoms with Crippen LogP contribution in [0.2, 0.25) is 0 Å². The van der Waals surface area contributed by atoms with Crippen LogP contribution >= 0.6 is 0 Å². The minimum atomic E-state index is -0.810. The quantitative estimate of drug-likeness (QED) is 0.700. The van der Waals surface area contributed by atoms with Crippen LogP contribution in [0, 0.1) is 13.8 Å². The average Bonchev–Trinajstić information content (AvgIpc) is 2.86. The lowest BCUT2D eigenvalue weighted by Gasteiger charge is -2.07. The van der Waals surface area contributed by atoms with E-state index in [1.54, 1.807) is 12.1 Å². The molecule has 1 aromatic heterocycles. The SMILES string of the molecule is Cc1ccc(NC(=O)C(=O)Nc2ncn[nH]2)cc1C. The van der Waals surface area contributed by atoms with Crippen molar-refractivity contribution in [1.29, 1.82) is 0 Å². The minimum Gasteiger partial charge on any atom is -0.318 e. The highest BCUT2D eigenvalue weighted by molar-refractivity contribution is 6.43. The first kappa shape index (κ1) is 12.7. The van der Waals surface area contributed by atoms with Crippen molar-refractivity contribution in [1.82, 2.24) is 15.2 Å². The van der Waals surface area contributed by atoms with Gasteiger partial charge in [-0.3, -0.25) is 14.9 Å². The molecule has 0 saturated carbocycles. The second-order valence-electron chi connectivity index (χ2n) is 4.04. The highest BCUT2D eigenvalue weighted by Crippen LogP contribution is 2.14. The molecular formula is C12H13N5O2. The van der Waals surface area contributed by atoms with Crippen LogP contribution in [0.5, 0.6) is 0 Å². The molecule has 2 rings (SSSR count). The van der Waals surface area contributed by atoms with E-state index in [4.69, 9.17) is 0 Å². The van der Waals surface area contributed by atoms with E-state index in [0.717, 1.165) is 11.1 Å². The van der Waals surface area contributed by atoms with Gasteiger partial charge in [-0.25, -0.2) is 5.10 Å². The summed E-state index contributed by atoms with van der Waals surface area (Å²) in [6, 6.07) is 5.41. The normalized spacial score (nSPS) is 10.0. The Bertz CT molecular complexity index is 607. The smallest absolute Gasteiger partial charge is 0.316 e. The Balaban J connectivity index is 2.00. The number of aryl methyl sites for hydroxylation is 2. The molecule has 0 aliphatic rings. The third-order valence-corrected chi connectivity index (χ3v) is 2.62. The van der Waals surface area contributed by atoms with Crippen LogP contribution in [0.15, 0.2) is 24.5 Å². The van der Waals surface area contributed by atoms with Gasteiger partial charge < -0.3 is 5.32 Å². The fourth-order valence-corrected chi connectivity index (χ4v) is 1.44. The zero-order valence-corrected chi connectivity index (χ0v) is 10.5. The van der Waals surface area contributed by atoms with Crippen molar-refractivity contribution < 1.29 is 9.59 Å². The standard InChI is InChI=1S/C12H13N5O2/c1-7-3-4-9(5-8(7)2)15-10(18)11(19)16-12-13-6-14-17-12/h3-6H,1-2H3,(H,15,18)(H2,13,14,16,17,19). The van der Waals surface area contributed by atoms with Gasteiger partial charge in [-0.15, -0.1) is 0 Å². The molecule has 7 heteroatoms. The largest absolute Gasteiger partial charge is 0.318 e. The lowest BCUT2D eigenvalue weighted by molar-refractivity contribution is -0.133. The second kappa shape index (κ2) is 5.30. The van der Waals surface area contributed by atoms with Gasteiger partial charge in [0.2, 0.25) is 5.95 Å². The number of hydrogen-bond donors (Lipinski definition) is 3. The Morgan fingerprint density at radius 1 is 1.11 bits per heavy atom. The third-order valence-electron chi connectivity index (χ3n) is 2.62. The van der Waals surface area contributed by atoms with Crippen LogP contribution in [0.4, 0.5) is 11.6 Å². The number of carbonyl (C=O) groups excluding carboxylic acids is 2. The molecule has 0 aliphatic carbocycles. The summed E-state index contributed by atoms with van der Waals surface area (Å²) >= 11 is 0. The molecule has 0 saturated heterocycles. The molecule has 2 amide bonds. The zero-order chi connectivity index (χ0) is 13.8. The van der Waals surface area contributed by atoms with Crippen molar-refractivity contribution in [2.45, 2.75) is 13.8 Å². The van der Waals surface area contributed by atoms with E-state index in [-0.39, 0.29) is 5.95 Å². The van der Waals surface area contributed by atoms with Crippen molar-refractivity contribution in [2.75, 3.05) is 10.6 Å². The van der Waals surface area contributed by atoms with Crippen molar-refractivity contribution in [3.8, 4) is 0 Å². The Morgan fingerprint density at radius 2 is 1.84 bits per heavy atom. The number of benzene rings is 1. The number of amides is 2. The van der Waals surface area contributed by atoms with Crippen LogP contribution in [-0.4, -0.2) is 27.0 Å². The van der Waals surface area contributed by atoms with Gasteiger partial charge >= 0.3 is 11.8 Å². The third kappa shape index (κ3) is 3.15. The van der Waals surface area contributed by atoms with Gasteiger partial charge in [0.05, 0.1) is 0 Å². The molecule has 19 heavy (non-hydrogen) atoms. The number of H-pyrrole nitrogens is 1. The van der Waals surface area contributed by atoms with E-state index in [1.807, 2.05) is 19.9 Å². The van der Waals surface area contributed by atoms with E-state index in [2.05, 4.69) is 25.8 Å². The van der Waals surface area contributed by atoms with Gasteiger partial charge in [0.15, 0.2) is 0 Å². The maximum Gasteiger partial charge on any atom is 0.316 e. The number of nitrogens with zero attached hydrogens (tertiary/aromatic N) is 2. The molecule has 3 N–H and O–H groups in total. The monoisotopic (exact) mass is 259 g/mol. The summed E-state index contributed by atoms with van der Waals surface area (Å²) < 4.78 is 0. The Morgan fingerprint density at radius 3 is 2.47 bits per heavy atom. The molecule has 0 bridgehead atoms. The lowest BCUT2D eigenvalue weighted by atomic mass is 10.1. The number of carbonyl (C=O) groups is 2. The summed E-state index contributed by atoms with van der Waals surface area (Å²) in [4.78, 5) is 26.9. The minimum absolute atomic E-state index is 0.125. The predicted molar refractivity (Wildman–Crippen MR) is 69.6 cm³/mol. The number of rotatable bonds is 2. The van der Waals surface area contributed by atoms with Gasteiger partial charge in [0, 0.05) is 5.69 Å². The topological polar surface area (TPSA) is 99.8 Å². The van der Waals surface area contributed by atoms with Gasteiger partial charge in [0.25, 0.3) is 0 Å². The average molecular weight is 259 g/mol. The van der Waals surface area contributed by atoms with Crippen LogP contribution in [0.3, 0.4) is 0 Å². The summed E-state index contributed by atoms with van der Waals surface area (Å²) in [5, 5.41) is 10.8. The first-order valence-electron chi connectivity index (χ1n) is 5.61. The zero-order valence-electron chi connectivity index (χ0n) is 10.5. The van der Waals surface area contributed by atoms with E-state index in [0.29, 0.717) is 5.69 Å². The van der Waals surface area contributed by atoms with Crippen molar-refractivity contribution >= 4 is 23.5 Å². The van der Waals surface area contributed by atoms with Crippen LogP contribution in [-0.2, 0) is 9.59 Å². The fraction of sp³-hybridized carbons (Fsp3) is 0.167. The van der Waals surface area contributed by atoms with Crippen LogP contribution in [0.1, 0.15) is 11.1 Å². The molecule has 0 unspecified atom stereocenters. The Hall–Kier alpha value is -2.70. The van der Waals surface area contributed by atoms with E-state index >= 15 is 0 Å². The molecule has 1 heterocycles. The molecular weight excluding hydrogens is 246 g/mol. The molecule has 0 radical (unpaired) electrons. The van der Waals surface area contributed by atoms with Crippen LogP contribution < -0.4 is 10.6 Å². The summed E-state index contributed by atoms with van der Waals surface area (Å²) in [5.41, 5.74) is 2.72. The van der Waals surface area contributed by atoms with Gasteiger partial charge in [-0.1, -0.05) is 6.07 Å². The first-order valence-corrected chi connectivity index (χ1v) is 5.61. The van der Waals surface area contributed by atoms with Crippen LogP contribution in [0.25, 0.3) is 0 Å². The highest BCUT2D eigenvalue weighted by Gasteiger charge is 2.15. The van der Waals surface area contributed by atoms with Gasteiger partial charge in [-0.2, -0.15) is 10.1 Å². The number of hydrogen-bond acceptors (Lipinski definition) is 4. The van der Waals surface area contributed by atoms with Gasteiger partial charge in [-0.05, 0) is 37.1 Å². The van der Waals surface area contributed by atoms with Crippen molar-refractivity contribution in [3.63, 3.8) is 0 Å². The fourth-order valence-electron chi connectivity index (χ4n) is 1.44. The van der Waals surface area contributed by atoms with Crippen molar-refractivity contribution in [3.05, 3.63) is 35.7 Å². The Kier molecular flexibility index (Phi) is 3.56. The lowest BCUT2D eigenvalue weighted by Crippen LogP contribution is -2.29. The Labute approximate surface area is 109 Å². The highest BCUT2D eigenvalue weighted by atomic mass is 16.2. The van der Waals surface area contributed by atoms with Crippen molar-refractivity contribution in [2.24, 2.45) is 0 Å². The molecule has 0 aliphatic heterocycles. The summed E-state index contributed by atoms with van der Waals surface area (Å²) in [7, 11) is 0. The summed E-state index contributed by atoms with van der Waals surface area (Å²) in [5.74, 6) is -1.45. The molecule has 1 aromatic carbocycles. The number of nitrogens with one attached hydrogen (secondary N) is 3. The predicted octanol–water partition coefficient (Wildman–Crippen LogP) is 0.999. The molecule has 98 valence electrons.